The van der Waals surface area contributed by atoms with Crippen molar-refractivity contribution in [1.82, 2.24) is 0 Å². The van der Waals surface area contributed by atoms with Gasteiger partial charge in [-0.15, -0.1) is 0 Å². The monoisotopic (exact) mass is 447 g/mol. The average molecular weight is 448 g/mol. The molecule has 0 atom stereocenters. The molecule has 0 saturated heterocycles. The Kier molecular flexibility index (Phi) is 6.59. The van der Waals surface area contributed by atoms with E-state index in [-0.39, 0.29) is 22.1 Å². The molecule has 2 rings (SSSR count). The van der Waals surface area contributed by atoms with Gasteiger partial charge >= 0.3 is 12.1 Å². The lowest BCUT2D eigenvalue weighted by molar-refractivity contribution is -0.385. The Morgan fingerprint density at radius 2 is 1.83 bits per heavy atom. The third kappa shape index (κ3) is 5.70. The third-order valence-electron chi connectivity index (χ3n) is 4.09. The first kappa shape index (κ1) is 22.7. The van der Waals surface area contributed by atoms with Gasteiger partial charge in [0.2, 0.25) is 0 Å². The maximum absolute atomic E-state index is 12.7. The zero-order chi connectivity index (χ0) is 22.0. The number of alkyl halides is 3. The van der Waals surface area contributed by atoms with Crippen LogP contribution < -0.4 is 4.74 Å². The van der Waals surface area contributed by atoms with E-state index in [4.69, 9.17) is 21.1 Å². The molecule has 6 nitrogen and oxygen atoms in total. The molecule has 0 aliphatic rings. The molecular formula is C18H17ClF3NO5Si. The maximum atomic E-state index is 12.7. The molecule has 29 heavy (non-hydrogen) atoms. The number of nitro groups is 1. The number of hydrogen-bond acceptors (Lipinski definition) is 5. The zero-order valence-corrected chi connectivity index (χ0v) is 17.8. The molecule has 0 unspecified atom stereocenters. The van der Waals surface area contributed by atoms with E-state index in [0.29, 0.717) is 6.07 Å². The molecule has 0 aliphatic carbocycles. The van der Waals surface area contributed by atoms with Gasteiger partial charge in [0.15, 0.2) is 0 Å². The maximum Gasteiger partial charge on any atom is 0.416 e. The van der Waals surface area contributed by atoms with Crippen LogP contribution in [0.1, 0.15) is 29.8 Å². The van der Waals surface area contributed by atoms with Crippen LogP contribution in [0.5, 0.6) is 11.5 Å². The number of ether oxygens (including phenoxy) is 2. The van der Waals surface area contributed by atoms with Crippen molar-refractivity contribution in [3.05, 3.63) is 62.7 Å². The van der Waals surface area contributed by atoms with E-state index >= 15 is 0 Å². The van der Waals surface area contributed by atoms with Gasteiger partial charge in [-0.2, -0.15) is 13.2 Å². The summed E-state index contributed by atoms with van der Waals surface area (Å²) in [5, 5.41) is 10.2. The van der Waals surface area contributed by atoms with Gasteiger partial charge in [0.1, 0.15) is 17.1 Å². The lowest BCUT2D eigenvalue weighted by Gasteiger charge is -2.23. The number of halogens is 4. The summed E-state index contributed by atoms with van der Waals surface area (Å²) >= 11 is 5.86. The summed E-state index contributed by atoms with van der Waals surface area (Å²) in [6.07, 6.45) is -4.57. The SMILES string of the molecule is C[SiH2]C(C)(C)OC(=O)c1cc(Oc2ccc(C(F)(F)F)cc2Cl)ccc1[N+](=O)[O-]. The van der Waals surface area contributed by atoms with Crippen LogP contribution in [0, 0.1) is 10.1 Å². The Hall–Kier alpha value is -2.59. The summed E-state index contributed by atoms with van der Waals surface area (Å²) in [7, 11) is -0.769. The van der Waals surface area contributed by atoms with E-state index in [1.54, 1.807) is 13.8 Å². The molecule has 2 aromatic carbocycles. The van der Waals surface area contributed by atoms with Crippen LogP contribution in [-0.2, 0) is 10.9 Å². The molecule has 2 aromatic rings. The fourth-order valence-corrected chi connectivity index (χ4v) is 2.66. The van der Waals surface area contributed by atoms with Crippen molar-refractivity contribution in [2.75, 3.05) is 0 Å². The smallest absolute Gasteiger partial charge is 0.416 e. The summed E-state index contributed by atoms with van der Waals surface area (Å²) in [6.45, 7) is 5.35. The molecule has 11 heteroatoms. The van der Waals surface area contributed by atoms with E-state index in [2.05, 4.69) is 0 Å². The number of rotatable bonds is 6. The summed E-state index contributed by atoms with van der Waals surface area (Å²) in [4.78, 5) is 23.0. The fourth-order valence-electron chi connectivity index (χ4n) is 2.17. The summed E-state index contributed by atoms with van der Waals surface area (Å²) in [5.74, 6) is -1.01. The van der Waals surface area contributed by atoms with E-state index in [0.717, 1.165) is 24.3 Å². The van der Waals surface area contributed by atoms with E-state index in [1.165, 1.54) is 6.07 Å². The van der Waals surface area contributed by atoms with Gasteiger partial charge in [-0.25, -0.2) is 4.79 Å². The van der Waals surface area contributed by atoms with Crippen molar-refractivity contribution < 1.29 is 32.4 Å². The predicted octanol–water partition coefficient (Wildman–Crippen LogP) is 5.17. The standard InChI is InChI=1S/C18H17ClF3NO5Si/c1-17(2,29-3)28-16(24)12-9-11(5-6-14(12)23(25)26)27-15-7-4-10(8-13(15)19)18(20,21)22/h4-9H,29H2,1-3H3. The van der Waals surface area contributed by atoms with Crippen LogP contribution in [0.15, 0.2) is 36.4 Å². The number of esters is 1. The van der Waals surface area contributed by atoms with Gasteiger partial charge in [-0.1, -0.05) is 18.1 Å². The summed E-state index contributed by atoms with van der Waals surface area (Å²) in [5.41, 5.74) is -1.76. The van der Waals surface area contributed by atoms with Gasteiger partial charge in [-0.3, -0.25) is 10.1 Å². The fraction of sp³-hybridized carbons (Fsp3) is 0.278. The van der Waals surface area contributed by atoms with Gasteiger partial charge in [0, 0.05) is 12.1 Å². The molecule has 0 aliphatic heterocycles. The molecule has 0 fully saturated rings. The van der Waals surface area contributed by atoms with Crippen LogP contribution >= 0.6 is 11.6 Å². The second-order valence-corrected chi connectivity index (χ2v) is 9.50. The second kappa shape index (κ2) is 8.42. The van der Waals surface area contributed by atoms with Crippen LogP contribution in [0.2, 0.25) is 11.6 Å². The molecular weight excluding hydrogens is 431 g/mol. The minimum absolute atomic E-state index is 0.0178. The van der Waals surface area contributed by atoms with Gasteiger partial charge < -0.3 is 9.47 Å². The lowest BCUT2D eigenvalue weighted by Crippen LogP contribution is -2.33. The number of benzene rings is 2. The Labute approximate surface area is 171 Å². The van der Waals surface area contributed by atoms with Crippen LogP contribution in [0.3, 0.4) is 0 Å². The largest absolute Gasteiger partial charge is 0.461 e. The van der Waals surface area contributed by atoms with E-state index in [1.807, 2.05) is 6.55 Å². The Morgan fingerprint density at radius 3 is 2.34 bits per heavy atom. The highest BCUT2D eigenvalue weighted by Crippen LogP contribution is 2.37. The number of hydrogen-bond donors (Lipinski definition) is 0. The third-order valence-corrected chi connectivity index (χ3v) is 6.23. The van der Waals surface area contributed by atoms with Gasteiger partial charge in [0.05, 0.1) is 30.3 Å². The molecule has 0 spiro atoms. The molecule has 0 aromatic heterocycles. The summed E-state index contributed by atoms with van der Waals surface area (Å²) in [6, 6.07) is 5.88. The highest BCUT2D eigenvalue weighted by atomic mass is 35.5. The first-order valence-electron chi connectivity index (χ1n) is 8.40. The summed E-state index contributed by atoms with van der Waals surface area (Å²) < 4.78 is 49.0. The lowest BCUT2D eigenvalue weighted by atomic mass is 10.1. The Bertz CT molecular complexity index is 950. The molecule has 0 heterocycles. The molecule has 0 amide bonds. The van der Waals surface area contributed by atoms with Crippen molar-refractivity contribution in [3.63, 3.8) is 0 Å². The number of carbonyl (C=O) groups is 1. The molecule has 0 bridgehead atoms. The first-order valence-corrected chi connectivity index (χ1v) is 10.9. The van der Waals surface area contributed by atoms with Gasteiger partial charge in [0.25, 0.3) is 5.69 Å². The molecule has 0 saturated carbocycles. The number of nitro benzene ring substituents is 1. The van der Waals surface area contributed by atoms with E-state index in [9.17, 15) is 28.1 Å². The van der Waals surface area contributed by atoms with Crippen molar-refractivity contribution in [3.8, 4) is 11.5 Å². The van der Waals surface area contributed by atoms with Crippen molar-refractivity contribution in [1.29, 1.82) is 0 Å². The topological polar surface area (TPSA) is 78.7 Å². The van der Waals surface area contributed by atoms with Crippen molar-refractivity contribution in [2.45, 2.75) is 31.8 Å². The molecule has 0 N–H and O–H groups in total. The Morgan fingerprint density at radius 1 is 1.17 bits per heavy atom. The highest BCUT2D eigenvalue weighted by Gasteiger charge is 2.31. The second-order valence-electron chi connectivity index (χ2n) is 6.68. The highest BCUT2D eigenvalue weighted by molar-refractivity contribution is 6.37. The minimum atomic E-state index is -4.57. The number of carbonyl (C=O) groups excluding carboxylic acids is 1. The molecule has 0 radical (unpaired) electrons. The van der Waals surface area contributed by atoms with E-state index < -0.39 is 43.1 Å². The van der Waals surface area contributed by atoms with Crippen LogP contribution in [-0.4, -0.2) is 25.6 Å². The van der Waals surface area contributed by atoms with Gasteiger partial charge in [-0.05, 0) is 38.1 Å². The normalized spacial score (nSPS) is 12.2. The first-order chi connectivity index (χ1) is 13.3. The minimum Gasteiger partial charge on any atom is -0.461 e. The van der Waals surface area contributed by atoms with Crippen molar-refractivity contribution in [2.24, 2.45) is 0 Å². The Balaban J connectivity index is 2.38. The van der Waals surface area contributed by atoms with Crippen LogP contribution in [0.25, 0.3) is 0 Å². The quantitative estimate of drug-likeness (QED) is 0.264. The van der Waals surface area contributed by atoms with Crippen LogP contribution in [0.4, 0.5) is 18.9 Å². The molecule has 156 valence electrons. The zero-order valence-electron chi connectivity index (χ0n) is 15.7. The van der Waals surface area contributed by atoms with Crippen molar-refractivity contribution >= 4 is 32.8 Å². The number of nitrogens with zero attached hydrogens (tertiary/aromatic N) is 1. The average Bonchev–Trinajstić information content (AvgIpc) is 2.62. The predicted molar refractivity (Wildman–Crippen MR) is 104 cm³/mol.